The third-order valence-electron chi connectivity index (χ3n) is 3.65. The highest BCUT2D eigenvalue weighted by atomic mass is 17.5. The highest BCUT2D eigenvalue weighted by Crippen LogP contribution is 2.27. The molecular formula is C16H20O8. The average Bonchev–Trinajstić information content (AvgIpc) is 2.61. The van der Waals surface area contributed by atoms with E-state index >= 15 is 0 Å². The normalized spacial score (nSPS) is 14.6. The van der Waals surface area contributed by atoms with Gasteiger partial charge in [-0.2, -0.15) is 0 Å². The van der Waals surface area contributed by atoms with E-state index in [9.17, 15) is 9.59 Å². The van der Waals surface area contributed by atoms with Crippen molar-refractivity contribution in [2.24, 2.45) is 0 Å². The molecule has 0 radical (unpaired) electrons. The summed E-state index contributed by atoms with van der Waals surface area (Å²) < 4.78 is 15.2. The molecule has 0 unspecified atom stereocenters. The zero-order chi connectivity index (χ0) is 17.4. The van der Waals surface area contributed by atoms with Crippen molar-refractivity contribution in [3.8, 4) is 11.5 Å². The molecule has 2 rings (SSSR count). The Balaban J connectivity index is 1.77. The maximum absolute atomic E-state index is 11.8. The average molecular weight is 340 g/mol. The SMILES string of the molecule is COc1ccc(C(=O)OOOC(=O)OC2CCCCC2)cc1OC. The van der Waals surface area contributed by atoms with E-state index in [1.807, 2.05) is 0 Å². The molecule has 1 aliphatic carbocycles. The van der Waals surface area contributed by atoms with E-state index in [1.54, 1.807) is 0 Å². The van der Waals surface area contributed by atoms with E-state index in [0.717, 1.165) is 32.1 Å². The topological polar surface area (TPSA) is 89.5 Å². The number of carbonyl (C=O) groups excluding carboxylic acids is 2. The third-order valence-corrected chi connectivity index (χ3v) is 3.65. The summed E-state index contributed by atoms with van der Waals surface area (Å²) in [6.45, 7) is 0. The van der Waals surface area contributed by atoms with E-state index in [2.05, 4.69) is 14.8 Å². The van der Waals surface area contributed by atoms with Crippen molar-refractivity contribution >= 4 is 12.1 Å². The molecule has 1 aromatic carbocycles. The number of hydrogen-bond donors (Lipinski definition) is 0. The van der Waals surface area contributed by atoms with Gasteiger partial charge >= 0.3 is 12.1 Å². The van der Waals surface area contributed by atoms with Crippen LogP contribution in [-0.2, 0) is 19.6 Å². The molecule has 0 heterocycles. The van der Waals surface area contributed by atoms with Crippen LogP contribution in [-0.4, -0.2) is 32.4 Å². The highest BCUT2D eigenvalue weighted by molar-refractivity contribution is 5.89. The van der Waals surface area contributed by atoms with Gasteiger partial charge in [0.1, 0.15) is 6.10 Å². The summed E-state index contributed by atoms with van der Waals surface area (Å²) in [5.41, 5.74) is 0.136. The second kappa shape index (κ2) is 8.97. The zero-order valence-corrected chi connectivity index (χ0v) is 13.6. The van der Waals surface area contributed by atoms with Gasteiger partial charge in [-0.15, -0.1) is 0 Å². The van der Waals surface area contributed by atoms with Gasteiger partial charge in [-0.25, -0.2) is 14.5 Å². The van der Waals surface area contributed by atoms with Gasteiger partial charge in [0, 0.05) is 0 Å². The molecule has 0 aromatic heterocycles. The van der Waals surface area contributed by atoms with Crippen LogP contribution in [0.25, 0.3) is 0 Å². The second-order valence-electron chi connectivity index (χ2n) is 5.22. The number of hydrogen-bond acceptors (Lipinski definition) is 8. The Hall–Kier alpha value is -2.48. The summed E-state index contributed by atoms with van der Waals surface area (Å²) in [5.74, 6) is -0.0479. The standard InChI is InChI=1S/C16H20O8/c1-19-13-9-8-11(10-14(13)20-2)15(17)22-24-23-16(18)21-12-6-4-3-5-7-12/h8-10,12H,3-7H2,1-2H3. The first-order chi connectivity index (χ1) is 11.6. The van der Waals surface area contributed by atoms with Crippen LogP contribution >= 0.6 is 0 Å². The Morgan fingerprint density at radius 1 is 0.958 bits per heavy atom. The molecule has 0 amide bonds. The smallest absolute Gasteiger partial charge is 0.493 e. The van der Waals surface area contributed by atoms with Crippen LogP contribution in [0.2, 0.25) is 0 Å². The lowest BCUT2D eigenvalue weighted by Gasteiger charge is -2.20. The summed E-state index contributed by atoms with van der Waals surface area (Å²) in [4.78, 5) is 31.9. The molecule has 0 saturated heterocycles. The predicted molar refractivity (Wildman–Crippen MR) is 80.5 cm³/mol. The molecule has 1 fully saturated rings. The Morgan fingerprint density at radius 3 is 2.33 bits per heavy atom. The summed E-state index contributed by atoms with van der Waals surface area (Å²) >= 11 is 0. The van der Waals surface area contributed by atoms with E-state index in [-0.39, 0.29) is 11.7 Å². The van der Waals surface area contributed by atoms with Crippen LogP contribution in [0.4, 0.5) is 4.79 Å². The van der Waals surface area contributed by atoms with E-state index in [4.69, 9.17) is 14.2 Å². The van der Waals surface area contributed by atoms with Gasteiger partial charge in [-0.05, 0) is 43.9 Å². The van der Waals surface area contributed by atoms with E-state index < -0.39 is 12.1 Å². The maximum atomic E-state index is 11.8. The molecule has 0 bridgehead atoms. The molecule has 1 aliphatic rings. The molecule has 8 heteroatoms. The summed E-state index contributed by atoms with van der Waals surface area (Å²) in [5, 5.41) is 4.19. The fourth-order valence-corrected chi connectivity index (χ4v) is 2.43. The lowest BCUT2D eigenvalue weighted by molar-refractivity contribution is -0.453. The first-order valence-corrected chi connectivity index (χ1v) is 7.62. The molecule has 0 aliphatic heterocycles. The van der Waals surface area contributed by atoms with Crippen molar-refractivity contribution in [3.63, 3.8) is 0 Å². The van der Waals surface area contributed by atoms with Gasteiger partial charge in [-0.1, -0.05) is 6.42 Å². The summed E-state index contributed by atoms with van der Waals surface area (Å²) in [7, 11) is 2.92. The molecular weight excluding hydrogens is 320 g/mol. The number of carbonyl (C=O) groups is 2. The molecule has 24 heavy (non-hydrogen) atoms. The summed E-state index contributed by atoms with van der Waals surface area (Å²) in [6.07, 6.45) is 3.51. The van der Waals surface area contributed by atoms with Crippen LogP contribution in [0.1, 0.15) is 42.5 Å². The number of methoxy groups -OCH3 is 2. The van der Waals surface area contributed by atoms with Gasteiger partial charge < -0.3 is 14.2 Å². The Bertz CT molecular complexity index is 565. The number of benzene rings is 1. The summed E-state index contributed by atoms with van der Waals surface area (Å²) in [6, 6.07) is 4.39. The van der Waals surface area contributed by atoms with E-state index in [1.165, 1.54) is 32.4 Å². The lowest BCUT2D eigenvalue weighted by Crippen LogP contribution is -2.22. The van der Waals surface area contributed by atoms with Crippen molar-refractivity contribution in [2.75, 3.05) is 14.2 Å². The second-order valence-corrected chi connectivity index (χ2v) is 5.22. The number of rotatable bonds is 6. The van der Waals surface area contributed by atoms with Crippen molar-refractivity contribution in [1.29, 1.82) is 0 Å². The molecule has 0 atom stereocenters. The molecule has 8 nitrogen and oxygen atoms in total. The molecule has 1 saturated carbocycles. The minimum atomic E-state index is -1.04. The first kappa shape index (κ1) is 17.9. The Labute approximate surface area is 139 Å². The van der Waals surface area contributed by atoms with Crippen molar-refractivity contribution in [2.45, 2.75) is 38.2 Å². The quantitative estimate of drug-likeness (QED) is 0.443. The molecule has 132 valence electrons. The van der Waals surface area contributed by atoms with Crippen LogP contribution in [0.5, 0.6) is 11.5 Å². The minimum Gasteiger partial charge on any atom is -0.493 e. The predicted octanol–water partition coefficient (Wildman–Crippen LogP) is 3.19. The monoisotopic (exact) mass is 340 g/mol. The van der Waals surface area contributed by atoms with Gasteiger partial charge in [0.05, 0.1) is 24.8 Å². The fraction of sp³-hybridized carbons (Fsp3) is 0.500. The van der Waals surface area contributed by atoms with Crippen LogP contribution in [0.3, 0.4) is 0 Å². The van der Waals surface area contributed by atoms with E-state index in [0.29, 0.717) is 11.5 Å². The Morgan fingerprint density at radius 2 is 1.67 bits per heavy atom. The number of ether oxygens (including phenoxy) is 3. The largest absolute Gasteiger partial charge is 0.543 e. The first-order valence-electron chi connectivity index (χ1n) is 7.62. The van der Waals surface area contributed by atoms with Crippen molar-refractivity contribution in [3.05, 3.63) is 23.8 Å². The Kier molecular flexibility index (Phi) is 6.68. The van der Waals surface area contributed by atoms with Crippen molar-refractivity contribution < 1.29 is 38.6 Å². The highest BCUT2D eigenvalue weighted by Gasteiger charge is 2.20. The molecule has 1 aromatic rings. The van der Waals surface area contributed by atoms with Crippen molar-refractivity contribution in [1.82, 2.24) is 0 Å². The third kappa shape index (κ3) is 5.02. The maximum Gasteiger partial charge on any atom is 0.543 e. The molecule has 0 N–H and O–H groups in total. The van der Waals surface area contributed by atoms with Gasteiger partial charge in [0.25, 0.3) is 0 Å². The van der Waals surface area contributed by atoms with Crippen LogP contribution in [0.15, 0.2) is 18.2 Å². The molecule has 0 spiro atoms. The van der Waals surface area contributed by atoms with Gasteiger partial charge in [-0.3, -0.25) is 4.89 Å². The van der Waals surface area contributed by atoms with Gasteiger partial charge in [0.2, 0.25) is 0 Å². The lowest BCUT2D eigenvalue weighted by atomic mass is 9.98. The zero-order valence-electron chi connectivity index (χ0n) is 13.6. The van der Waals surface area contributed by atoms with Gasteiger partial charge in [0.15, 0.2) is 11.5 Å². The fourth-order valence-electron chi connectivity index (χ4n) is 2.43. The van der Waals surface area contributed by atoms with Crippen LogP contribution in [0, 0.1) is 0 Å². The minimum absolute atomic E-state index is 0.136. The van der Waals surface area contributed by atoms with Crippen LogP contribution < -0.4 is 9.47 Å².